The minimum Gasteiger partial charge on any atom is -0.347 e. The van der Waals surface area contributed by atoms with E-state index in [9.17, 15) is 14.4 Å². The molecular formula is C26H24ClN3O3. The number of amides is 4. The first kappa shape index (κ1) is 21.5. The fraction of sp³-hybridized carbons (Fsp3) is 0.269. The first-order chi connectivity index (χ1) is 15.8. The number of nitrogens with zero attached hydrogens (tertiary/aromatic N) is 1. The van der Waals surface area contributed by atoms with Crippen LogP contribution in [0.15, 0.2) is 66.7 Å². The summed E-state index contributed by atoms with van der Waals surface area (Å²) in [5, 5.41) is 8.46. The van der Waals surface area contributed by atoms with E-state index >= 15 is 0 Å². The third-order valence-corrected chi connectivity index (χ3v) is 6.79. The molecule has 0 spiro atoms. The van der Waals surface area contributed by atoms with E-state index in [2.05, 4.69) is 10.6 Å². The van der Waals surface area contributed by atoms with Gasteiger partial charge in [-0.25, -0.2) is 4.79 Å². The lowest BCUT2D eigenvalue weighted by Crippen LogP contribution is -2.44. The number of nitrogens with one attached hydrogen (secondary N) is 2. The zero-order chi connectivity index (χ0) is 23.2. The highest BCUT2D eigenvalue weighted by molar-refractivity contribution is 6.30. The number of imide groups is 1. The highest BCUT2D eigenvalue weighted by Gasteiger charge is 2.49. The molecule has 2 unspecified atom stereocenters. The zero-order valence-corrected chi connectivity index (χ0v) is 18.9. The number of hydrogen-bond donors (Lipinski definition) is 2. The molecule has 3 aromatic rings. The van der Waals surface area contributed by atoms with Gasteiger partial charge < -0.3 is 10.6 Å². The molecule has 1 aliphatic heterocycles. The van der Waals surface area contributed by atoms with Crippen LogP contribution in [0.3, 0.4) is 0 Å². The number of hydrogen-bond acceptors (Lipinski definition) is 3. The topological polar surface area (TPSA) is 78.5 Å². The SMILES string of the molecule is CC1(c2ccc3ccccc3c2)NC(=O)N(CC(=O)NC(c2ccc(Cl)cc2)C2CC2)C1=O. The van der Waals surface area contributed by atoms with Gasteiger partial charge in [-0.2, -0.15) is 0 Å². The summed E-state index contributed by atoms with van der Waals surface area (Å²) in [5.41, 5.74) is 0.418. The minimum absolute atomic E-state index is 0.164. The third-order valence-electron chi connectivity index (χ3n) is 6.54. The van der Waals surface area contributed by atoms with Crippen LogP contribution in [0, 0.1) is 5.92 Å². The van der Waals surface area contributed by atoms with E-state index < -0.39 is 17.5 Å². The van der Waals surface area contributed by atoms with Crippen molar-refractivity contribution in [3.8, 4) is 0 Å². The molecule has 0 bridgehead atoms. The van der Waals surface area contributed by atoms with Gasteiger partial charge in [0.1, 0.15) is 12.1 Å². The fourth-order valence-corrected chi connectivity index (χ4v) is 4.60. The summed E-state index contributed by atoms with van der Waals surface area (Å²) in [4.78, 5) is 39.9. The van der Waals surface area contributed by atoms with Gasteiger partial charge in [0, 0.05) is 5.02 Å². The predicted octanol–water partition coefficient (Wildman–Crippen LogP) is 4.53. The van der Waals surface area contributed by atoms with Crippen LogP contribution in [-0.2, 0) is 15.1 Å². The van der Waals surface area contributed by atoms with Crippen LogP contribution in [-0.4, -0.2) is 29.3 Å². The van der Waals surface area contributed by atoms with Gasteiger partial charge in [0.2, 0.25) is 5.91 Å². The summed E-state index contributed by atoms with van der Waals surface area (Å²) in [7, 11) is 0. The van der Waals surface area contributed by atoms with E-state index in [0.29, 0.717) is 16.5 Å². The maximum absolute atomic E-state index is 13.3. The molecule has 5 rings (SSSR count). The van der Waals surface area contributed by atoms with Crippen molar-refractivity contribution in [1.29, 1.82) is 0 Å². The first-order valence-corrected chi connectivity index (χ1v) is 11.4. The summed E-state index contributed by atoms with van der Waals surface area (Å²) in [6, 6.07) is 20.2. The Hall–Kier alpha value is -3.38. The Balaban J connectivity index is 1.33. The monoisotopic (exact) mass is 461 g/mol. The van der Waals surface area contributed by atoms with Gasteiger partial charge in [0.05, 0.1) is 6.04 Å². The molecule has 1 heterocycles. The van der Waals surface area contributed by atoms with Crippen molar-refractivity contribution in [2.75, 3.05) is 6.54 Å². The standard InChI is InChI=1S/C26H24ClN3O3/c1-26(20-11-8-16-4-2-3-5-19(16)14-20)24(32)30(25(33)29-26)15-22(31)28-23(17-6-7-17)18-9-12-21(27)13-10-18/h2-5,8-14,17,23H,6-7,15H2,1H3,(H,28,31)(H,29,33). The smallest absolute Gasteiger partial charge is 0.325 e. The summed E-state index contributed by atoms with van der Waals surface area (Å²) in [5.74, 6) is -0.457. The van der Waals surface area contributed by atoms with Crippen molar-refractivity contribution >= 4 is 40.2 Å². The molecule has 7 heteroatoms. The molecule has 1 saturated heterocycles. The molecule has 33 heavy (non-hydrogen) atoms. The number of benzene rings is 3. The van der Waals surface area contributed by atoms with Crippen LogP contribution < -0.4 is 10.6 Å². The Morgan fingerprint density at radius 2 is 1.79 bits per heavy atom. The first-order valence-electron chi connectivity index (χ1n) is 11.0. The van der Waals surface area contributed by atoms with Gasteiger partial charge in [-0.1, -0.05) is 60.1 Å². The quantitative estimate of drug-likeness (QED) is 0.529. The molecular weight excluding hydrogens is 438 g/mol. The van der Waals surface area contributed by atoms with Gasteiger partial charge in [0.15, 0.2) is 0 Å². The highest BCUT2D eigenvalue weighted by Crippen LogP contribution is 2.41. The lowest BCUT2D eigenvalue weighted by atomic mass is 9.90. The third kappa shape index (κ3) is 4.07. The summed E-state index contributed by atoms with van der Waals surface area (Å²) >= 11 is 6.00. The second-order valence-electron chi connectivity index (χ2n) is 8.94. The summed E-state index contributed by atoms with van der Waals surface area (Å²) in [6.45, 7) is 1.35. The Morgan fingerprint density at radius 3 is 2.48 bits per heavy atom. The summed E-state index contributed by atoms with van der Waals surface area (Å²) < 4.78 is 0. The molecule has 2 atom stereocenters. The average molecular weight is 462 g/mol. The van der Waals surface area contributed by atoms with Crippen LogP contribution in [0.2, 0.25) is 5.02 Å². The van der Waals surface area contributed by atoms with E-state index in [1.165, 1.54) is 0 Å². The molecule has 6 nitrogen and oxygen atoms in total. The molecule has 4 amide bonds. The van der Waals surface area contributed by atoms with Crippen LogP contribution >= 0.6 is 11.6 Å². The van der Waals surface area contributed by atoms with Crippen LogP contribution in [0.25, 0.3) is 10.8 Å². The second kappa shape index (κ2) is 8.19. The van der Waals surface area contributed by atoms with Crippen LogP contribution in [0.5, 0.6) is 0 Å². The van der Waals surface area contributed by atoms with Gasteiger partial charge in [-0.15, -0.1) is 0 Å². The Bertz CT molecular complexity index is 1260. The maximum Gasteiger partial charge on any atom is 0.325 e. The molecule has 168 valence electrons. The van der Waals surface area contributed by atoms with E-state index in [4.69, 9.17) is 11.6 Å². The van der Waals surface area contributed by atoms with Crippen molar-refractivity contribution in [1.82, 2.24) is 15.5 Å². The predicted molar refractivity (Wildman–Crippen MR) is 127 cm³/mol. The Morgan fingerprint density at radius 1 is 1.09 bits per heavy atom. The normalized spacial score (nSPS) is 21.2. The fourth-order valence-electron chi connectivity index (χ4n) is 4.47. The molecule has 0 radical (unpaired) electrons. The highest BCUT2D eigenvalue weighted by atomic mass is 35.5. The Kier molecular flexibility index (Phi) is 5.33. The maximum atomic E-state index is 13.3. The lowest BCUT2D eigenvalue weighted by Gasteiger charge is -2.23. The number of carbonyl (C=O) groups excluding carboxylic acids is 3. The van der Waals surface area contributed by atoms with Crippen molar-refractivity contribution in [2.24, 2.45) is 5.92 Å². The zero-order valence-electron chi connectivity index (χ0n) is 18.2. The molecule has 3 aromatic carbocycles. The van der Waals surface area contributed by atoms with Crippen molar-refractivity contribution < 1.29 is 14.4 Å². The van der Waals surface area contributed by atoms with E-state index in [1.54, 1.807) is 19.1 Å². The largest absolute Gasteiger partial charge is 0.347 e. The van der Waals surface area contributed by atoms with Crippen LogP contribution in [0.4, 0.5) is 4.79 Å². The molecule has 2 N–H and O–H groups in total. The van der Waals surface area contributed by atoms with Crippen molar-refractivity contribution in [2.45, 2.75) is 31.3 Å². The van der Waals surface area contributed by atoms with E-state index in [1.807, 2.05) is 54.6 Å². The number of halogens is 1. The number of urea groups is 1. The van der Waals surface area contributed by atoms with E-state index in [-0.39, 0.29) is 18.5 Å². The van der Waals surface area contributed by atoms with Gasteiger partial charge in [-0.3, -0.25) is 14.5 Å². The Labute approximate surface area is 196 Å². The molecule has 0 aromatic heterocycles. The number of rotatable bonds is 6. The lowest BCUT2D eigenvalue weighted by molar-refractivity contribution is -0.135. The average Bonchev–Trinajstić information content (AvgIpc) is 3.63. The van der Waals surface area contributed by atoms with Crippen molar-refractivity contribution in [3.63, 3.8) is 0 Å². The molecule has 1 aliphatic carbocycles. The molecule has 1 saturated carbocycles. The van der Waals surface area contributed by atoms with Gasteiger partial charge in [-0.05, 0) is 65.8 Å². The minimum atomic E-state index is -1.23. The van der Waals surface area contributed by atoms with Crippen LogP contribution in [0.1, 0.15) is 36.9 Å². The molecule has 2 fully saturated rings. The number of carbonyl (C=O) groups is 3. The number of fused-ring (bicyclic) bond motifs is 1. The van der Waals surface area contributed by atoms with E-state index in [0.717, 1.165) is 34.1 Å². The summed E-state index contributed by atoms with van der Waals surface area (Å²) in [6.07, 6.45) is 2.05. The second-order valence-corrected chi connectivity index (χ2v) is 9.38. The van der Waals surface area contributed by atoms with Crippen molar-refractivity contribution in [3.05, 3.63) is 82.9 Å². The van der Waals surface area contributed by atoms with Gasteiger partial charge >= 0.3 is 6.03 Å². The van der Waals surface area contributed by atoms with Gasteiger partial charge in [0.25, 0.3) is 5.91 Å². The molecule has 2 aliphatic rings.